The fraction of sp³-hybridized carbons (Fsp3) is 0.462. The Kier molecular flexibility index (Phi) is 5.34. The van der Waals surface area contributed by atoms with E-state index >= 15 is 0 Å². The van der Waals surface area contributed by atoms with Gasteiger partial charge in [0.1, 0.15) is 0 Å². The molecule has 6 nitrogen and oxygen atoms in total. The van der Waals surface area contributed by atoms with Gasteiger partial charge in [0, 0.05) is 26.4 Å². The van der Waals surface area contributed by atoms with Crippen LogP contribution in [0, 0.1) is 0 Å². The van der Waals surface area contributed by atoms with Crippen LogP contribution in [0.4, 0.5) is 13.2 Å². The number of hydrogen-bond donors (Lipinski definition) is 0. The molecule has 0 N–H and O–H groups in total. The third-order valence-electron chi connectivity index (χ3n) is 3.33. The van der Waals surface area contributed by atoms with Crippen LogP contribution in [0.5, 0.6) is 0 Å². The van der Waals surface area contributed by atoms with Gasteiger partial charge >= 0.3 is 5.69 Å². The number of hydrogen-bond acceptors (Lipinski definition) is 4. The summed E-state index contributed by atoms with van der Waals surface area (Å²) in [6, 6.07) is 0. The summed E-state index contributed by atoms with van der Waals surface area (Å²) in [6.07, 6.45) is -0.201. The highest BCUT2D eigenvalue weighted by molar-refractivity contribution is 7.99. The van der Waals surface area contributed by atoms with Gasteiger partial charge < -0.3 is 4.57 Å². The smallest absolute Gasteiger partial charge is 0.324 e. The maximum atomic E-state index is 13.4. The number of fused-ring (bicyclic) bond motifs is 1. The highest BCUT2D eigenvalue weighted by Crippen LogP contribution is 2.20. The van der Waals surface area contributed by atoms with E-state index in [1.54, 1.807) is 0 Å². The lowest BCUT2D eigenvalue weighted by Gasteiger charge is -2.10. The standard InChI is InChI=1S/C13H15F3N4O2S/c1-18-11-9(12(21)19(2)13(18)22)20(7-17-11)5-6-23-10(16)8(15)3-4-14/h3-4,7-8,10H,5-6H2,1-2H3. The minimum absolute atomic E-state index is 0.0363. The van der Waals surface area contributed by atoms with E-state index in [1.165, 1.54) is 29.6 Å². The Morgan fingerprint density at radius 1 is 1.30 bits per heavy atom. The number of imidazole rings is 1. The maximum absolute atomic E-state index is 13.4. The van der Waals surface area contributed by atoms with Crippen LogP contribution in [-0.4, -0.2) is 36.1 Å². The summed E-state index contributed by atoms with van der Waals surface area (Å²) in [7, 11) is 2.84. The lowest BCUT2D eigenvalue weighted by molar-refractivity contribution is 0.280. The molecule has 0 bridgehead atoms. The molecule has 0 amide bonds. The minimum Gasteiger partial charge on any atom is -0.324 e. The number of rotatable bonds is 6. The zero-order valence-corrected chi connectivity index (χ0v) is 13.3. The van der Waals surface area contributed by atoms with Crippen molar-refractivity contribution in [3.8, 4) is 0 Å². The van der Waals surface area contributed by atoms with Crippen molar-refractivity contribution in [2.24, 2.45) is 14.1 Å². The Morgan fingerprint density at radius 2 is 2.00 bits per heavy atom. The molecule has 0 aliphatic carbocycles. The Hall–Kier alpha value is -1.97. The van der Waals surface area contributed by atoms with Gasteiger partial charge in [-0.2, -0.15) is 0 Å². The van der Waals surface area contributed by atoms with Crippen molar-refractivity contribution in [3.05, 3.63) is 39.6 Å². The average Bonchev–Trinajstić information content (AvgIpc) is 2.95. The molecule has 2 aromatic heterocycles. The summed E-state index contributed by atoms with van der Waals surface area (Å²) < 4.78 is 42.0. The third kappa shape index (κ3) is 3.36. The number of allylic oxidation sites excluding steroid dienone is 1. The summed E-state index contributed by atoms with van der Waals surface area (Å²) >= 11 is 0.663. The van der Waals surface area contributed by atoms with Crippen LogP contribution in [0.15, 0.2) is 28.3 Å². The van der Waals surface area contributed by atoms with E-state index in [0.717, 1.165) is 4.57 Å². The Morgan fingerprint density at radius 3 is 2.65 bits per heavy atom. The lowest BCUT2D eigenvalue weighted by atomic mass is 10.4. The van der Waals surface area contributed by atoms with E-state index in [-0.39, 0.29) is 29.8 Å². The first kappa shape index (κ1) is 17.4. The van der Waals surface area contributed by atoms with Crippen LogP contribution < -0.4 is 11.2 Å². The van der Waals surface area contributed by atoms with Gasteiger partial charge in [0.2, 0.25) is 0 Å². The largest absolute Gasteiger partial charge is 0.332 e. The van der Waals surface area contributed by atoms with Crippen molar-refractivity contribution in [2.75, 3.05) is 5.75 Å². The Labute approximate surface area is 133 Å². The van der Waals surface area contributed by atoms with Crippen molar-refractivity contribution in [1.29, 1.82) is 0 Å². The molecule has 2 unspecified atom stereocenters. The summed E-state index contributed by atoms with van der Waals surface area (Å²) in [5.41, 5.74) is -2.46. The van der Waals surface area contributed by atoms with Gasteiger partial charge in [0.15, 0.2) is 22.8 Å². The second-order valence-electron chi connectivity index (χ2n) is 4.80. The van der Waals surface area contributed by atoms with Crippen molar-refractivity contribution in [1.82, 2.24) is 18.7 Å². The highest BCUT2D eigenvalue weighted by Gasteiger charge is 2.19. The predicted molar refractivity (Wildman–Crippen MR) is 82.7 cm³/mol. The first-order valence-corrected chi connectivity index (χ1v) is 7.70. The molecule has 2 heterocycles. The summed E-state index contributed by atoms with van der Waals surface area (Å²) in [6.45, 7) is 0.196. The van der Waals surface area contributed by atoms with E-state index in [0.29, 0.717) is 17.8 Å². The summed E-state index contributed by atoms with van der Waals surface area (Å²) in [5.74, 6) is 0.152. The van der Waals surface area contributed by atoms with Crippen LogP contribution in [0.2, 0.25) is 0 Å². The van der Waals surface area contributed by atoms with E-state index in [4.69, 9.17) is 0 Å². The van der Waals surface area contributed by atoms with Crippen LogP contribution in [0.3, 0.4) is 0 Å². The number of aromatic nitrogens is 4. The Bertz CT molecular complexity index is 842. The van der Waals surface area contributed by atoms with Gasteiger partial charge in [-0.1, -0.05) is 0 Å². The van der Waals surface area contributed by atoms with Crippen molar-refractivity contribution >= 4 is 22.9 Å². The second-order valence-corrected chi connectivity index (χ2v) is 5.99. The van der Waals surface area contributed by atoms with Gasteiger partial charge in [0.05, 0.1) is 12.7 Å². The molecule has 2 rings (SSSR count). The maximum Gasteiger partial charge on any atom is 0.332 e. The normalized spacial score (nSPS) is 14.7. The number of nitrogens with zero attached hydrogens (tertiary/aromatic N) is 4. The predicted octanol–water partition coefficient (Wildman–Crippen LogP) is 1.28. The molecule has 0 fully saturated rings. The third-order valence-corrected chi connectivity index (χ3v) is 4.33. The zero-order chi connectivity index (χ0) is 17.1. The molecule has 0 radical (unpaired) electrons. The molecule has 126 valence electrons. The molecule has 0 saturated heterocycles. The number of thioether (sulfide) groups is 1. The quantitative estimate of drug-likeness (QED) is 0.789. The van der Waals surface area contributed by atoms with Crippen LogP contribution in [-0.2, 0) is 20.6 Å². The summed E-state index contributed by atoms with van der Waals surface area (Å²) in [4.78, 5) is 28.0. The molecular formula is C13H15F3N4O2S. The molecule has 10 heteroatoms. The first-order chi connectivity index (χ1) is 10.9. The molecule has 0 aliphatic rings. The molecule has 2 aromatic rings. The average molecular weight is 348 g/mol. The van der Waals surface area contributed by atoms with Gasteiger partial charge in [0.25, 0.3) is 5.56 Å². The molecule has 0 aromatic carbocycles. The van der Waals surface area contributed by atoms with E-state index < -0.39 is 22.9 Å². The molecule has 0 saturated carbocycles. The SMILES string of the molecule is Cn1c(=O)c2c(ncn2CCSC(F)C(F)C=CF)n(C)c1=O. The molecule has 0 aliphatic heterocycles. The van der Waals surface area contributed by atoms with Crippen molar-refractivity contribution in [2.45, 2.75) is 18.2 Å². The first-order valence-electron chi connectivity index (χ1n) is 6.66. The van der Waals surface area contributed by atoms with Crippen LogP contribution in [0.1, 0.15) is 0 Å². The highest BCUT2D eigenvalue weighted by atomic mass is 32.2. The molecule has 2 atom stereocenters. The monoisotopic (exact) mass is 348 g/mol. The van der Waals surface area contributed by atoms with Crippen molar-refractivity contribution in [3.63, 3.8) is 0 Å². The van der Waals surface area contributed by atoms with Crippen molar-refractivity contribution < 1.29 is 13.2 Å². The van der Waals surface area contributed by atoms with Gasteiger partial charge in [-0.05, 0) is 6.08 Å². The van der Waals surface area contributed by atoms with Gasteiger partial charge in [-0.3, -0.25) is 13.9 Å². The van der Waals surface area contributed by atoms with E-state index in [9.17, 15) is 22.8 Å². The van der Waals surface area contributed by atoms with E-state index in [1.807, 2.05) is 0 Å². The fourth-order valence-corrected chi connectivity index (χ4v) is 2.88. The number of aryl methyl sites for hydroxylation is 2. The van der Waals surface area contributed by atoms with Crippen LogP contribution in [0.25, 0.3) is 11.2 Å². The second kappa shape index (κ2) is 7.07. The Balaban J connectivity index is 2.20. The molecule has 0 spiro atoms. The lowest BCUT2D eigenvalue weighted by Crippen LogP contribution is -2.37. The number of halogens is 3. The van der Waals surface area contributed by atoms with E-state index in [2.05, 4.69) is 4.98 Å². The molecule has 23 heavy (non-hydrogen) atoms. The van der Waals surface area contributed by atoms with Gasteiger partial charge in [-0.25, -0.2) is 22.9 Å². The topological polar surface area (TPSA) is 61.8 Å². The number of alkyl halides is 2. The summed E-state index contributed by atoms with van der Waals surface area (Å²) in [5, 5.41) is 0. The molecular weight excluding hydrogens is 333 g/mol. The fourth-order valence-electron chi connectivity index (χ4n) is 2.08. The zero-order valence-electron chi connectivity index (χ0n) is 12.4. The minimum atomic E-state index is -2.03. The van der Waals surface area contributed by atoms with Crippen LogP contribution >= 0.6 is 11.8 Å². The van der Waals surface area contributed by atoms with Gasteiger partial charge in [-0.15, -0.1) is 11.8 Å².